The molecule has 0 bridgehead atoms. The molecular formula is C21H20N2O3. The second kappa shape index (κ2) is 7.14. The van der Waals surface area contributed by atoms with Gasteiger partial charge in [-0.3, -0.25) is 14.7 Å². The lowest BCUT2D eigenvalue weighted by Crippen LogP contribution is -2.46. The third-order valence-electron chi connectivity index (χ3n) is 4.74. The lowest BCUT2D eigenvalue weighted by molar-refractivity contribution is -0.149. The number of fused-ring (bicyclic) bond motifs is 3. The molecule has 1 aliphatic rings. The van der Waals surface area contributed by atoms with Gasteiger partial charge in [-0.1, -0.05) is 48.5 Å². The number of ether oxygens (including phenoxy) is 2. The number of hydrogen-bond donors (Lipinski definition) is 0. The fourth-order valence-corrected chi connectivity index (χ4v) is 3.39. The summed E-state index contributed by atoms with van der Waals surface area (Å²) in [5.41, 5.74) is 2.99. The Morgan fingerprint density at radius 1 is 1.19 bits per heavy atom. The molecule has 0 unspecified atom stereocenters. The van der Waals surface area contributed by atoms with Gasteiger partial charge in [-0.2, -0.15) is 0 Å². The fourth-order valence-electron chi connectivity index (χ4n) is 3.39. The predicted molar refractivity (Wildman–Crippen MR) is 98.7 cm³/mol. The van der Waals surface area contributed by atoms with Gasteiger partial charge in [0.2, 0.25) is 0 Å². The number of carbonyl (C=O) groups is 1. The lowest BCUT2D eigenvalue weighted by Gasteiger charge is -2.34. The van der Waals surface area contributed by atoms with Gasteiger partial charge < -0.3 is 9.47 Å². The second-order valence-corrected chi connectivity index (χ2v) is 6.38. The average Bonchev–Trinajstić information content (AvgIpc) is 2.71. The molecule has 0 amide bonds. The molecule has 0 saturated heterocycles. The highest BCUT2D eigenvalue weighted by Gasteiger charge is 2.31. The highest BCUT2D eigenvalue weighted by molar-refractivity contribution is 5.86. The number of carbonyl (C=O) groups excluding carboxylic acids is 1. The Bertz CT molecular complexity index is 927. The first-order valence-electron chi connectivity index (χ1n) is 8.61. The normalized spacial score (nSPS) is 15.1. The maximum absolute atomic E-state index is 12.4. The standard InChI is InChI=1S/C21H20N2O3/c1-25-21(24)18(12-15-6-3-2-4-7-15)23-13-17-10-9-16-8-5-11-22-19(16)20(17)26-14-23/h2-11,18H,12-14H2,1H3/t18-/m0/s1. The first kappa shape index (κ1) is 16.5. The summed E-state index contributed by atoms with van der Waals surface area (Å²) in [6.45, 7) is 0.948. The monoisotopic (exact) mass is 348 g/mol. The first-order chi connectivity index (χ1) is 12.8. The van der Waals surface area contributed by atoms with Crippen molar-refractivity contribution in [1.29, 1.82) is 0 Å². The van der Waals surface area contributed by atoms with Gasteiger partial charge in [0.15, 0.2) is 5.75 Å². The van der Waals surface area contributed by atoms with E-state index in [9.17, 15) is 4.79 Å². The molecule has 3 aromatic rings. The van der Waals surface area contributed by atoms with E-state index in [1.54, 1.807) is 6.20 Å². The first-order valence-corrected chi connectivity index (χ1v) is 8.61. The summed E-state index contributed by atoms with van der Waals surface area (Å²) in [7, 11) is 1.43. The van der Waals surface area contributed by atoms with Crippen molar-refractivity contribution >= 4 is 16.9 Å². The molecule has 1 atom stereocenters. The van der Waals surface area contributed by atoms with Crippen LogP contribution in [0.2, 0.25) is 0 Å². The van der Waals surface area contributed by atoms with Crippen molar-refractivity contribution in [1.82, 2.24) is 9.88 Å². The molecule has 0 fully saturated rings. The summed E-state index contributed by atoms with van der Waals surface area (Å²) >= 11 is 0. The minimum absolute atomic E-state index is 0.250. The van der Waals surface area contributed by atoms with Crippen LogP contribution in [0.4, 0.5) is 0 Å². The smallest absolute Gasteiger partial charge is 0.323 e. The SMILES string of the molecule is COC(=O)[C@H](Cc1ccccc1)N1COc2c(ccc3cccnc23)C1. The number of esters is 1. The van der Waals surface area contributed by atoms with Crippen LogP contribution in [0.15, 0.2) is 60.8 Å². The molecule has 132 valence electrons. The molecule has 0 spiro atoms. The second-order valence-electron chi connectivity index (χ2n) is 6.38. The van der Waals surface area contributed by atoms with Gasteiger partial charge in [0.25, 0.3) is 0 Å². The zero-order chi connectivity index (χ0) is 17.9. The molecule has 1 aliphatic heterocycles. The van der Waals surface area contributed by atoms with Gasteiger partial charge in [0, 0.05) is 23.7 Å². The molecule has 1 aromatic heterocycles. The Kier molecular flexibility index (Phi) is 4.54. The van der Waals surface area contributed by atoms with E-state index in [0.29, 0.717) is 19.7 Å². The molecule has 2 aromatic carbocycles. The lowest BCUT2D eigenvalue weighted by atomic mass is 10.0. The molecule has 5 heteroatoms. The van der Waals surface area contributed by atoms with Crippen molar-refractivity contribution < 1.29 is 14.3 Å². The summed E-state index contributed by atoms with van der Waals surface area (Å²) in [6.07, 6.45) is 2.35. The van der Waals surface area contributed by atoms with Crippen molar-refractivity contribution in [2.75, 3.05) is 13.8 Å². The molecule has 0 saturated carbocycles. The molecule has 0 radical (unpaired) electrons. The Balaban J connectivity index is 1.62. The topological polar surface area (TPSA) is 51.7 Å². The van der Waals surface area contributed by atoms with Crippen LogP contribution in [-0.4, -0.2) is 35.7 Å². The molecule has 2 heterocycles. The fraction of sp³-hybridized carbons (Fsp3) is 0.238. The minimum Gasteiger partial charge on any atom is -0.475 e. The van der Waals surface area contributed by atoms with Crippen LogP contribution in [0, 0.1) is 0 Å². The van der Waals surface area contributed by atoms with E-state index >= 15 is 0 Å². The zero-order valence-corrected chi connectivity index (χ0v) is 14.6. The van der Waals surface area contributed by atoms with Crippen molar-refractivity contribution in [2.45, 2.75) is 19.0 Å². The van der Waals surface area contributed by atoms with Crippen LogP contribution in [0.1, 0.15) is 11.1 Å². The molecule has 0 N–H and O–H groups in total. The van der Waals surface area contributed by atoms with Crippen LogP contribution >= 0.6 is 0 Å². The van der Waals surface area contributed by atoms with Crippen LogP contribution in [-0.2, 0) is 22.5 Å². The van der Waals surface area contributed by atoms with E-state index in [4.69, 9.17) is 9.47 Å². The van der Waals surface area contributed by atoms with Crippen molar-refractivity contribution in [3.63, 3.8) is 0 Å². The maximum Gasteiger partial charge on any atom is 0.323 e. The van der Waals surface area contributed by atoms with Gasteiger partial charge in [-0.15, -0.1) is 0 Å². The van der Waals surface area contributed by atoms with E-state index in [-0.39, 0.29) is 5.97 Å². The quantitative estimate of drug-likeness (QED) is 0.678. The third-order valence-corrected chi connectivity index (χ3v) is 4.74. The number of nitrogens with zero attached hydrogens (tertiary/aromatic N) is 2. The Labute approximate surface area is 152 Å². The van der Waals surface area contributed by atoms with E-state index in [0.717, 1.165) is 27.8 Å². The van der Waals surface area contributed by atoms with Crippen molar-refractivity contribution in [2.24, 2.45) is 0 Å². The predicted octanol–water partition coefficient (Wildman–Crippen LogP) is 3.17. The van der Waals surface area contributed by atoms with Gasteiger partial charge in [-0.05, 0) is 18.1 Å². The van der Waals surface area contributed by atoms with E-state index < -0.39 is 6.04 Å². The Morgan fingerprint density at radius 2 is 2.04 bits per heavy atom. The summed E-state index contributed by atoms with van der Waals surface area (Å²) in [5.74, 6) is 0.558. The van der Waals surface area contributed by atoms with Gasteiger partial charge in [0.05, 0.1) is 7.11 Å². The van der Waals surface area contributed by atoms with Crippen LogP contribution in [0.5, 0.6) is 5.75 Å². The average molecular weight is 348 g/mol. The molecule has 4 rings (SSSR count). The van der Waals surface area contributed by atoms with Crippen molar-refractivity contribution in [3.05, 3.63) is 71.9 Å². The van der Waals surface area contributed by atoms with Crippen molar-refractivity contribution in [3.8, 4) is 5.75 Å². The molecule has 26 heavy (non-hydrogen) atoms. The van der Waals surface area contributed by atoms with Crippen LogP contribution in [0.25, 0.3) is 10.9 Å². The highest BCUT2D eigenvalue weighted by atomic mass is 16.5. The van der Waals surface area contributed by atoms with E-state index in [2.05, 4.69) is 4.98 Å². The van der Waals surface area contributed by atoms with E-state index in [1.165, 1.54) is 7.11 Å². The number of benzene rings is 2. The summed E-state index contributed by atoms with van der Waals surface area (Å²) < 4.78 is 11.1. The minimum atomic E-state index is -0.394. The summed E-state index contributed by atoms with van der Waals surface area (Å²) in [6, 6.07) is 17.6. The van der Waals surface area contributed by atoms with Crippen LogP contribution in [0.3, 0.4) is 0 Å². The number of hydrogen-bond acceptors (Lipinski definition) is 5. The molecular weight excluding hydrogens is 328 g/mol. The Morgan fingerprint density at radius 3 is 2.85 bits per heavy atom. The molecule has 0 aliphatic carbocycles. The highest BCUT2D eigenvalue weighted by Crippen LogP contribution is 2.33. The Hall–Kier alpha value is -2.92. The number of aromatic nitrogens is 1. The summed E-state index contributed by atoms with van der Waals surface area (Å²) in [5, 5.41) is 1.05. The largest absolute Gasteiger partial charge is 0.475 e. The number of pyridine rings is 1. The molecule has 5 nitrogen and oxygen atoms in total. The third kappa shape index (κ3) is 3.13. The maximum atomic E-state index is 12.4. The van der Waals surface area contributed by atoms with E-state index in [1.807, 2.05) is 59.5 Å². The zero-order valence-electron chi connectivity index (χ0n) is 14.6. The van der Waals surface area contributed by atoms with Crippen LogP contribution < -0.4 is 4.74 Å². The van der Waals surface area contributed by atoms with Gasteiger partial charge in [-0.25, -0.2) is 0 Å². The summed E-state index contributed by atoms with van der Waals surface area (Å²) in [4.78, 5) is 18.9. The van der Waals surface area contributed by atoms with Gasteiger partial charge >= 0.3 is 5.97 Å². The van der Waals surface area contributed by atoms with Gasteiger partial charge in [0.1, 0.15) is 18.3 Å². The number of rotatable bonds is 4. The number of methoxy groups -OCH3 is 1.